The molecule has 4 heteroatoms. The smallest absolute Gasteiger partial charge is 0.264 e. The summed E-state index contributed by atoms with van der Waals surface area (Å²) in [4.78, 5) is 0. The standard InChI is InChI=1S/C9H11N3O/c1-7-11-12-9(13-7)10-8-5-3-2-4-6-8/h2-6,9-10,12H,1H3. The van der Waals surface area contributed by atoms with Crippen LogP contribution in [0.2, 0.25) is 0 Å². The molecule has 0 aliphatic carbocycles. The fourth-order valence-electron chi connectivity index (χ4n) is 1.12. The van der Waals surface area contributed by atoms with Gasteiger partial charge in [0, 0.05) is 12.6 Å². The van der Waals surface area contributed by atoms with E-state index in [1.807, 2.05) is 30.3 Å². The molecular formula is C9H11N3O. The summed E-state index contributed by atoms with van der Waals surface area (Å²) in [6, 6.07) is 9.84. The number of hydrogen-bond acceptors (Lipinski definition) is 4. The minimum absolute atomic E-state index is 0.248. The van der Waals surface area contributed by atoms with Crippen molar-refractivity contribution in [3.05, 3.63) is 30.3 Å². The SMILES string of the molecule is CC1=NNC(Nc2ccccc2)O1. The Hall–Kier alpha value is -1.71. The molecule has 1 atom stereocenters. The molecule has 0 radical (unpaired) electrons. The van der Waals surface area contributed by atoms with Crippen LogP contribution in [0.1, 0.15) is 6.92 Å². The maximum Gasteiger partial charge on any atom is 0.264 e. The van der Waals surface area contributed by atoms with Crippen LogP contribution in [0.5, 0.6) is 0 Å². The van der Waals surface area contributed by atoms with Crippen LogP contribution < -0.4 is 10.7 Å². The lowest BCUT2D eigenvalue weighted by Gasteiger charge is -2.13. The van der Waals surface area contributed by atoms with Crippen molar-refractivity contribution in [3.63, 3.8) is 0 Å². The molecule has 1 aliphatic heterocycles. The number of rotatable bonds is 2. The molecule has 1 unspecified atom stereocenters. The predicted molar refractivity (Wildman–Crippen MR) is 51.2 cm³/mol. The Kier molecular flexibility index (Phi) is 2.04. The second-order valence-electron chi connectivity index (χ2n) is 2.77. The molecule has 4 nitrogen and oxygen atoms in total. The number of benzene rings is 1. The van der Waals surface area contributed by atoms with Crippen LogP contribution in [-0.4, -0.2) is 12.2 Å². The zero-order valence-corrected chi connectivity index (χ0v) is 7.32. The van der Waals surface area contributed by atoms with Gasteiger partial charge in [-0.25, -0.2) is 0 Å². The molecule has 1 aromatic carbocycles. The van der Waals surface area contributed by atoms with E-state index in [1.165, 1.54) is 0 Å². The highest BCUT2D eigenvalue weighted by Crippen LogP contribution is 2.08. The van der Waals surface area contributed by atoms with E-state index < -0.39 is 0 Å². The van der Waals surface area contributed by atoms with Crippen molar-refractivity contribution in [1.82, 2.24) is 5.43 Å². The summed E-state index contributed by atoms with van der Waals surface area (Å²) in [6.45, 7) is 1.81. The van der Waals surface area contributed by atoms with E-state index >= 15 is 0 Å². The molecule has 0 fully saturated rings. The van der Waals surface area contributed by atoms with E-state index in [1.54, 1.807) is 6.92 Å². The third-order valence-corrected chi connectivity index (χ3v) is 1.70. The van der Waals surface area contributed by atoms with Gasteiger partial charge in [0.25, 0.3) is 6.35 Å². The molecule has 0 aromatic heterocycles. The zero-order valence-electron chi connectivity index (χ0n) is 7.32. The Morgan fingerprint density at radius 2 is 2.15 bits per heavy atom. The summed E-state index contributed by atoms with van der Waals surface area (Å²) in [6.07, 6.45) is -0.248. The Morgan fingerprint density at radius 3 is 2.77 bits per heavy atom. The number of anilines is 1. The van der Waals surface area contributed by atoms with E-state index in [4.69, 9.17) is 4.74 Å². The first-order chi connectivity index (χ1) is 6.34. The van der Waals surface area contributed by atoms with Crippen molar-refractivity contribution < 1.29 is 4.74 Å². The quantitative estimate of drug-likeness (QED) is 0.716. The van der Waals surface area contributed by atoms with Gasteiger partial charge in [-0.15, -0.1) is 5.10 Å². The summed E-state index contributed by atoms with van der Waals surface area (Å²) in [5.41, 5.74) is 3.81. The fraction of sp³-hybridized carbons (Fsp3) is 0.222. The van der Waals surface area contributed by atoms with Crippen LogP contribution in [0.3, 0.4) is 0 Å². The minimum Gasteiger partial charge on any atom is -0.437 e. The summed E-state index contributed by atoms with van der Waals surface area (Å²) >= 11 is 0. The maximum atomic E-state index is 5.29. The monoisotopic (exact) mass is 177 g/mol. The first-order valence-electron chi connectivity index (χ1n) is 4.13. The highest BCUT2D eigenvalue weighted by Gasteiger charge is 2.14. The number of nitrogens with one attached hydrogen (secondary N) is 2. The first kappa shape index (κ1) is 7.91. The zero-order chi connectivity index (χ0) is 9.10. The summed E-state index contributed by atoms with van der Waals surface area (Å²) in [5.74, 6) is 0.647. The second-order valence-corrected chi connectivity index (χ2v) is 2.77. The molecule has 1 aromatic rings. The third-order valence-electron chi connectivity index (χ3n) is 1.70. The molecule has 13 heavy (non-hydrogen) atoms. The molecule has 1 heterocycles. The van der Waals surface area contributed by atoms with Gasteiger partial charge in [0.15, 0.2) is 0 Å². The van der Waals surface area contributed by atoms with Gasteiger partial charge in [0.05, 0.1) is 0 Å². The average molecular weight is 177 g/mol. The lowest BCUT2D eigenvalue weighted by molar-refractivity contribution is 0.216. The molecule has 2 N–H and O–H groups in total. The lowest BCUT2D eigenvalue weighted by Crippen LogP contribution is -2.30. The Bertz CT molecular complexity index is 310. The summed E-state index contributed by atoms with van der Waals surface area (Å²) < 4.78 is 5.29. The van der Waals surface area contributed by atoms with E-state index in [0.29, 0.717) is 5.90 Å². The molecule has 1 aliphatic rings. The number of hydrazone groups is 1. The molecule has 2 rings (SSSR count). The van der Waals surface area contributed by atoms with Crippen molar-refractivity contribution in [3.8, 4) is 0 Å². The van der Waals surface area contributed by atoms with Gasteiger partial charge >= 0.3 is 0 Å². The molecule has 0 spiro atoms. The molecule has 0 saturated heterocycles. The summed E-state index contributed by atoms with van der Waals surface area (Å²) in [5, 5.41) is 7.02. The van der Waals surface area contributed by atoms with E-state index in [-0.39, 0.29) is 6.35 Å². The van der Waals surface area contributed by atoms with E-state index in [9.17, 15) is 0 Å². The van der Waals surface area contributed by atoms with Crippen LogP contribution in [0.25, 0.3) is 0 Å². The average Bonchev–Trinajstić information content (AvgIpc) is 2.53. The highest BCUT2D eigenvalue weighted by atomic mass is 16.5. The topological polar surface area (TPSA) is 45.7 Å². The van der Waals surface area contributed by atoms with E-state index in [0.717, 1.165) is 5.69 Å². The number of nitrogens with zero attached hydrogens (tertiary/aromatic N) is 1. The van der Waals surface area contributed by atoms with Crippen molar-refractivity contribution in [2.24, 2.45) is 5.10 Å². The van der Waals surface area contributed by atoms with Crippen LogP contribution in [0.4, 0.5) is 5.69 Å². The van der Waals surface area contributed by atoms with Gasteiger partial charge < -0.3 is 10.1 Å². The van der Waals surface area contributed by atoms with Gasteiger partial charge in [-0.05, 0) is 12.1 Å². The van der Waals surface area contributed by atoms with Crippen molar-refractivity contribution in [2.75, 3.05) is 5.32 Å². The minimum atomic E-state index is -0.248. The largest absolute Gasteiger partial charge is 0.437 e. The highest BCUT2D eigenvalue weighted by molar-refractivity contribution is 5.74. The van der Waals surface area contributed by atoms with Crippen LogP contribution >= 0.6 is 0 Å². The summed E-state index contributed by atoms with van der Waals surface area (Å²) in [7, 11) is 0. The Morgan fingerprint density at radius 1 is 1.38 bits per heavy atom. The number of ether oxygens (including phenoxy) is 1. The maximum absolute atomic E-state index is 5.29. The van der Waals surface area contributed by atoms with Gasteiger partial charge in [-0.3, -0.25) is 5.43 Å². The van der Waals surface area contributed by atoms with Gasteiger partial charge in [-0.1, -0.05) is 18.2 Å². The van der Waals surface area contributed by atoms with Gasteiger partial charge in [-0.2, -0.15) is 0 Å². The Balaban J connectivity index is 1.94. The van der Waals surface area contributed by atoms with Crippen molar-refractivity contribution >= 4 is 11.6 Å². The number of para-hydroxylation sites is 1. The fourth-order valence-corrected chi connectivity index (χ4v) is 1.12. The van der Waals surface area contributed by atoms with Crippen LogP contribution in [0.15, 0.2) is 35.4 Å². The third kappa shape index (κ3) is 1.90. The van der Waals surface area contributed by atoms with Crippen LogP contribution in [-0.2, 0) is 4.74 Å². The van der Waals surface area contributed by atoms with Crippen molar-refractivity contribution in [2.45, 2.75) is 13.3 Å². The van der Waals surface area contributed by atoms with Gasteiger partial charge in [0.2, 0.25) is 5.90 Å². The van der Waals surface area contributed by atoms with Gasteiger partial charge in [0.1, 0.15) is 0 Å². The molecule has 68 valence electrons. The molecular weight excluding hydrogens is 166 g/mol. The normalized spacial score (nSPS) is 20.1. The Labute approximate surface area is 76.6 Å². The van der Waals surface area contributed by atoms with E-state index in [2.05, 4.69) is 15.8 Å². The van der Waals surface area contributed by atoms with Crippen LogP contribution in [0, 0.1) is 0 Å². The predicted octanol–water partition coefficient (Wildman–Crippen LogP) is 1.34. The lowest BCUT2D eigenvalue weighted by atomic mass is 10.3. The first-order valence-corrected chi connectivity index (χ1v) is 4.13. The molecule has 0 amide bonds. The molecule has 0 saturated carbocycles. The second kappa shape index (κ2) is 3.35. The molecule has 0 bridgehead atoms. The van der Waals surface area contributed by atoms with Crippen molar-refractivity contribution in [1.29, 1.82) is 0 Å². The number of hydrogen-bond donors (Lipinski definition) is 2.